The van der Waals surface area contributed by atoms with Gasteiger partial charge in [0.05, 0.1) is 6.54 Å². The minimum atomic E-state index is 0.0188. The second-order valence-electron chi connectivity index (χ2n) is 5.39. The van der Waals surface area contributed by atoms with E-state index in [2.05, 4.69) is 31.4 Å². The van der Waals surface area contributed by atoms with Crippen LogP contribution in [0.3, 0.4) is 0 Å². The summed E-state index contributed by atoms with van der Waals surface area (Å²) in [5.41, 5.74) is 1.98. The average Bonchev–Trinajstić information content (AvgIpc) is 2.39. The molecule has 1 rings (SSSR count). The molecule has 0 radical (unpaired) electrons. The second kappa shape index (κ2) is 7.95. The van der Waals surface area contributed by atoms with Crippen molar-refractivity contribution in [2.45, 2.75) is 46.6 Å². The lowest BCUT2D eigenvalue weighted by molar-refractivity contribution is -0.115. The Kier molecular flexibility index (Phi) is 6.57. The van der Waals surface area contributed by atoms with Crippen LogP contribution >= 0.6 is 0 Å². The van der Waals surface area contributed by atoms with E-state index in [0.29, 0.717) is 18.5 Å². The molecule has 0 heterocycles. The number of carbonyl (C=O) groups is 1. The van der Waals surface area contributed by atoms with E-state index < -0.39 is 0 Å². The molecule has 1 amide bonds. The van der Waals surface area contributed by atoms with E-state index >= 15 is 0 Å². The summed E-state index contributed by atoms with van der Waals surface area (Å²) in [4.78, 5) is 11.9. The highest BCUT2D eigenvalue weighted by atomic mass is 16.1. The molecule has 3 nitrogen and oxygen atoms in total. The van der Waals surface area contributed by atoms with Crippen molar-refractivity contribution in [3.63, 3.8) is 0 Å². The van der Waals surface area contributed by atoms with E-state index in [1.54, 1.807) is 0 Å². The van der Waals surface area contributed by atoms with Crippen LogP contribution in [0.5, 0.6) is 0 Å². The van der Waals surface area contributed by atoms with Gasteiger partial charge < -0.3 is 10.6 Å². The number of amides is 1. The number of para-hydroxylation sites is 1. The van der Waals surface area contributed by atoms with Gasteiger partial charge >= 0.3 is 0 Å². The average molecular weight is 262 g/mol. The zero-order chi connectivity index (χ0) is 14.3. The van der Waals surface area contributed by atoms with Crippen LogP contribution in [0.4, 0.5) is 5.69 Å². The summed E-state index contributed by atoms with van der Waals surface area (Å²) >= 11 is 0. The molecule has 1 aromatic carbocycles. The van der Waals surface area contributed by atoms with Gasteiger partial charge in [0, 0.05) is 11.7 Å². The SMILES string of the molecule is CCC(C)CC(C)NCC(=O)Nc1ccccc1C. The summed E-state index contributed by atoms with van der Waals surface area (Å²) in [7, 11) is 0. The van der Waals surface area contributed by atoms with Crippen LogP contribution in [-0.4, -0.2) is 18.5 Å². The Hall–Kier alpha value is -1.35. The number of benzene rings is 1. The largest absolute Gasteiger partial charge is 0.325 e. The summed E-state index contributed by atoms with van der Waals surface area (Å²) in [5, 5.41) is 6.21. The highest BCUT2D eigenvalue weighted by Gasteiger charge is 2.09. The fraction of sp³-hybridized carbons (Fsp3) is 0.562. The van der Waals surface area contributed by atoms with Crippen molar-refractivity contribution in [3.05, 3.63) is 29.8 Å². The Morgan fingerprint density at radius 2 is 1.95 bits per heavy atom. The molecule has 106 valence electrons. The minimum Gasteiger partial charge on any atom is -0.325 e. The van der Waals surface area contributed by atoms with Crippen molar-refractivity contribution in [1.29, 1.82) is 0 Å². The Labute approximate surface area is 116 Å². The number of nitrogens with one attached hydrogen (secondary N) is 2. The van der Waals surface area contributed by atoms with Gasteiger partial charge in [0.1, 0.15) is 0 Å². The van der Waals surface area contributed by atoms with Gasteiger partial charge in [-0.25, -0.2) is 0 Å². The molecule has 2 atom stereocenters. The number of aryl methyl sites for hydroxylation is 1. The normalized spacial score (nSPS) is 13.9. The van der Waals surface area contributed by atoms with Crippen LogP contribution in [0, 0.1) is 12.8 Å². The number of hydrogen-bond donors (Lipinski definition) is 2. The number of hydrogen-bond acceptors (Lipinski definition) is 2. The number of rotatable bonds is 7. The smallest absolute Gasteiger partial charge is 0.238 e. The molecule has 0 aliphatic rings. The molecule has 0 aromatic heterocycles. The van der Waals surface area contributed by atoms with Gasteiger partial charge in [0.15, 0.2) is 0 Å². The molecule has 0 aliphatic carbocycles. The third-order valence-electron chi connectivity index (χ3n) is 3.48. The monoisotopic (exact) mass is 262 g/mol. The van der Waals surface area contributed by atoms with E-state index in [1.807, 2.05) is 31.2 Å². The Morgan fingerprint density at radius 3 is 2.58 bits per heavy atom. The Balaban J connectivity index is 2.34. The van der Waals surface area contributed by atoms with E-state index in [1.165, 1.54) is 6.42 Å². The summed E-state index contributed by atoms with van der Waals surface area (Å²) < 4.78 is 0. The van der Waals surface area contributed by atoms with Crippen molar-refractivity contribution < 1.29 is 4.79 Å². The molecule has 0 aliphatic heterocycles. The first-order chi connectivity index (χ1) is 9.02. The highest BCUT2D eigenvalue weighted by Crippen LogP contribution is 2.13. The fourth-order valence-corrected chi connectivity index (χ4v) is 2.03. The molecule has 0 saturated carbocycles. The summed E-state index contributed by atoms with van der Waals surface area (Å²) in [6.45, 7) is 8.93. The molecule has 2 N–H and O–H groups in total. The predicted molar refractivity (Wildman–Crippen MR) is 81.3 cm³/mol. The van der Waals surface area contributed by atoms with Crippen LogP contribution in [0.15, 0.2) is 24.3 Å². The third kappa shape index (κ3) is 5.88. The summed E-state index contributed by atoms with van der Waals surface area (Å²) in [5.74, 6) is 0.715. The molecule has 0 fully saturated rings. The van der Waals surface area contributed by atoms with Crippen molar-refractivity contribution >= 4 is 11.6 Å². The molecule has 3 heteroatoms. The van der Waals surface area contributed by atoms with E-state index in [-0.39, 0.29) is 5.91 Å². The van der Waals surface area contributed by atoms with Crippen molar-refractivity contribution in [1.82, 2.24) is 5.32 Å². The quantitative estimate of drug-likeness (QED) is 0.791. The number of carbonyl (C=O) groups excluding carboxylic acids is 1. The van der Waals surface area contributed by atoms with E-state index in [9.17, 15) is 4.79 Å². The highest BCUT2D eigenvalue weighted by molar-refractivity contribution is 5.92. The van der Waals surface area contributed by atoms with Crippen LogP contribution in [0.2, 0.25) is 0 Å². The molecule has 0 bridgehead atoms. The maximum Gasteiger partial charge on any atom is 0.238 e. The lowest BCUT2D eigenvalue weighted by Crippen LogP contribution is -2.35. The zero-order valence-corrected chi connectivity index (χ0v) is 12.5. The predicted octanol–water partition coefficient (Wildman–Crippen LogP) is 3.35. The zero-order valence-electron chi connectivity index (χ0n) is 12.5. The van der Waals surface area contributed by atoms with Crippen LogP contribution in [-0.2, 0) is 4.79 Å². The summed E-state index contributed by atoms with van der Waals surface area (Å²) in [6.07, 6.45) is 2.29. The lowest BCUT2D eigenvalue weighted by Gasteiger charge is -2.17. The van der Waals surface area contributed by atoms with Gasteiger partial charge in [0.25, 0.3) is 0 Å². The van der Waals surface area contributed by atoms with E-state index in [0.717, 1.165) is 17.7 Å². The van der Waals surface area contributed by atoms with Gasteiger partial charge in [-0.1, -0.05) is 38.5 Å². The van der Waals surface area contributed by atoms with Crippen LogP contribution in [0.1, 0.15) is 39.2 Å². The van der Waals surface area contributed by atoms with E-state index in [4.69, 9.17) is 0 Å². The maximum absolute atomic E-state index is 11.9. The first-order valence-corrected chi connectivity index (χ1v) is 7.11. The van der Waals surface area contributed by atoms with Crippen LogP contribution in [0.25, 0.3) is 0 Å². The Morgan fingerprint density at radius 1 is 1.26 bits per heavy atom. The van der Waals surface area contributed by atoms with Gasteiger partial charge in [-0.15, -0.1) is 0 Å². The molecule has 1 aromatic rings. The standard InChI is InChI=1S/C16H26N2O/c1-5-12(2)10-14(4)17-11-16(19)18-15-9-7-6-8-13(15)3/h6-9,12,14,17H,5,10-11H2,1-4H3,(H,18,19). The topological polar surface area (TPSA) is 41.1 Å². The van der Waals surface area contributed by atoms with Gasteiger partial charge in [-0.2, -0.15) is 0 Å². The molecule has 0 saturated heterocycles. The molecule has 19 heavy (non-hydrogen) atoms. The van der Waals surface area contributed by atoms with Gasteiger partial charge in [-0.05, 0) is 37.8 Å². The van der Waals surface area contributed by atoms with Crippen molar-refractivity contribution in [3.8, 4) is 0 Å². The van der Waals surface area contributed by atoms with Crippen molar-refractivity contribution in [2.75, 3.05) is 11.9 Å². The first kappa shape index (κ1) is 15.7. The Bertz CT molecular complexity index is 403. The molecule has 2 unspecified atom stereocenters. The van der Waals surface area contributed by atoms with Crippen molar-refractivity contribution in [2.24, 2.45) is 5.92 Å². The summed E-state index contributed by atoms with van der Waals surface area (Å²) in [6, 6.07) is 8.20. The van der Waals surface area contributed by atoms with Crippen LogP contribution < -0.4 is 10.6 Å². The molecular formula is C16H26N2O. The fourth-order valence-electron chi connectivity index (χ4n) is 2.03. The lowest BCUT2D eigenvalue weighted by atomic mass is 10.0. The molecule has 0 spiro atoms. The third-order valence-corrected chi connectivity index (χ3v) is 3.48. The first-order valence-electron chi connectivity index (χ1n) is 7.11. The maximum atomic E-state index is 11.9. The van der Waals surface area contributed by atoms with Gasteiger partial charge in [-0.3, -0.25) is 4.79 Å². The van der Waals surface area contributed by atoms with Gasteiger partial charge in [0.2, 0.25) is 5.91 Å². The number of anilines is 1. The minimum absolute atomic E-state index is 0.0188. The second-order valence-corrected chi connectivity index (χ2v) is 5.39. The molecular weight excluding hydrogens is 236 g/mol.